The third-order valence-corrected chi connectivity index (χ3v) is 4.42. The lowest BCUT2D eigenvalue weighted by atomic mass is 10.0. The van der Waals surface area contributed by atoms with Crippen molar-refractivity contribution in [3.05, 3.63) is 66.0 Å². The zero-order valence-electron chi connectivity index (χ0n) is 15.0. The number of fused-ring (bicyclic) bond motifs is 1. The minimum absolute atomic E-state index is 0.0291. The summed E-state index contributed by atoms with van der Waals surface area (Å²) in [6.07, 6.45) is 1.86. The first kappa shape index (κ1) is 18.6. The van der Waals surface area contributed by atoms with Crippen molar-refractivity contribution < 1.29 is 14.7 Å². The number of para-hydroxylation sites is 2. The van der Waals surface area contributed by atoms with E-state index in [1.54, 1.807) is 0 Å². The number of benzene rings is 2. The first-order valence-corrected chi connectivity index (χ1v) is 9.09. The van der Waals surface area contributed by atoms with Crippen molar-refractivity contribution >= 4 is 22.9 Å². The number of aryl methyl sites for hydroxylation is 1. The number of carbonyl (C=O) groups excluding carboxylic acids is 1. The van der Waals surface area contributed by atoms with Gasteiger partial charge in [-0.15, -0.1) is 0 Å². The number of amides is 1. The van der Waals surface area contributed by atoms with Crippen LogP contribution in [0.2, 0.25) is 0 Å². The van der Waals surface area contributed by atoms with Crippen LogP contribution in [-0.4, -0.2) is 33.0 Å². The van der Waals surface area contributed by atoms with Gasteiger partial charge in [0.05, 0.1) is 11.0 Å². The number of imidazole rings is 1. The second kappa shape index (κ2) is 8.98. The number of H-pyrrole nitrogens is 1. The number of carboxylic acid groups (broad SMARTS) is 1. The number of hydrogen-bond donors (Lipinski definition) is 3. The summed E-state index contributed by atoms with van der Waals surface area (Å²) in [4.78, 5) is 31.0. The Kier molecular flexibility index (Phi) is 6.20. The largest absolute Gasteiger partial charge is 0.481 e. The van der Waals surface area contributed by atoms with Crippen molar-refractivity contribution in [1.29, 1.82) is 0 Å². The van der Waals surface area contributed by atoms with E-state index in [9.17, 15) is 9.59 Å². The fourth-order valence-corrected chi connectivity index (χ4v) is 3.08. The fourth-order valence-electron chi connectivity index (χ4n) is 3.08. The van der Waals surface area contributed by atoms with Gasteiger partial charge in [-0.1, -0.05) is 42.5 Å². The molecule has 6 nitrogen and oxygen atoms in total. The van der Waals surface area contributed by atoms with Gasteiger partial charge in [0.15, 0.2) is 0 Å². The molecule has 3 aromatic rings. The molecule has 140 valence electrons. The standard InChI is InChI=1S/C21H23N3O3/c25-20(12-11-19-23-17-8-4-5-9-18(17)24-19)22-16(10-13-21(26)27)14-15-6-2-1-3-7-15/h1-9,16H,10-14H2,(H,22,25)(H,23,24)(H,26,27). The zero-order valence-corrected chi connectivity index (χ0v) is 15.0. The predicted octanol–water partition coefficient (Wildman–Crippen LogP) is 3.09. The van der Waals surface area contributed by atoms with Gasteiger partial charge in [-0.2, -0.15) is 0 Å². The van der Waals surface area contributed by atoms with Crippen LogP contribution in [0.5, 0.6) is 0 Å². The summed E-state index contributed by atoms with van der Waals surface area (Å²) < 4.78 is 0. The summed E-state index contributed by atoms with van der Waals surface area (Å²) in [5, 5.41) is 11.9. The van der Waals surface area contributed by atoms with Crippen LogP contribution in [0.25, 0.3) is 11.0 Å². The lowest BCUT2D eigenvalue weighted by molar-refractivity contribution is -0.137. The Balaban J connectivity index is 1.56. The highest BCUT2D eigenvalue weighted by Crippen LogP contribution is 2.12. The van der Waals surface area contributed by atoms with E-state index in [4.69, 9.17) is 5.11 Å². The van der Waals surface area contributed by atoms with Gasteiger partial charge in [-0.25, -0.2) is 4.98 Å². The van der Waals surface area contributed by atoms with Crippen LogP contribution in [0.3, 0.4) is 0 Å². The minimum Gasteiger partial charge on any atom is -0.481 e. The number of carboxylic acids is 1. The summed E-state index contributed by atoms with van der Waals surface area (Å²) in [5.41, 5.74) is 2.91. The van der Waals surface area contributed by atoms with E-state index in [1.165, 1.54) is 0 Å². The topological polar surface area (TPSA) is 95.1 Å². The molecule has 1 atom stereocenters. The van der Waals surface area contributed by atoms with Gasteiger partial charge < -0.3 is 15.4 Å². The highest BCUT2D eigenvalue weighted by molar-refractivity contribution is 5.77. The van der Waals surface area contributed by atoms with Crippen LogP contribution in [-0.2, 0) is 22.4 Å². The molecule has 0 aliphatic heterocycles. The Morgan fingerprint density at radius 1 is 1.04 bits per heavy atom. The molecule has 3 rings (SSSR count). The van der Waals surface area contributed by atoms with Gasteiger partial charge in [-0.05, 0) is 30.5 Å². The van der Waals surface area contributed by atoms with Crippen LogP contribution < -0.4 is 5.32 Å². The number of hydrogen-bond acceptors (Lipinski definition) is 3. The number of nitrogens with one attached hydrogen (secondary N) is 2. The van der Waals surface area contributed by atoms with E-state index in [0.717, 1.165) is 22.4 Å². The van der Waals surface area contributed by atoms with Crippen molar-refractivity contribution in [2.45, 2.75) is 38.1 Å². The summed E-state index contributed by atoms with van der Waals surface area (Å²) >= 11 is 0. The van der Waals surface area contributed by atoms with Gasteiger partial charge in [-0.3, -0.25) is 9.59 Å². The van der Waals surface area contributed by atoms with Gasteiger partial charge >= 0.3 is 5.97 Å². The quantitative estimate of drug-likeness (QED) is 0.543. The maximum Gasteiger partial charge on any atom is 0.303 e. The Morgan fingerprint density at radius 2 is 1.78 bits per heavy atom. The third-order valence-electron chi connectivity index (χ3n) is 4.42. The molecule has 1 heterocycles. The molecule has 0 spiro atoms. The first-order valence-electron chi connectivity index (χ1n) is 9.09. The molecule has 27 heavy (non-hydrogen) atoms. The number of carbonyl (C=O) groups is 2. The molecule has 1 amide bonds. The summed E-state index contributed by atoms with van der Waals surface area (Å²) in [6.45, 7) is 0. The second-order valence-corrected chi connectivity index (χ2v) is 6.59. The van der Waals surface area contributed by atoms with E-state index in [0.29, 0.717) is 25.7 Å². The maximum absolute atomic E-state index is 12.4. The second-order valence-electron chi connectivity index (χ2n) is 6.59. The first-order chi connectivity index (χ1) is 13.1. The van der Waals surface area contributed by atoms with Crippen LogP contribution in [0.15, 0.2) is 54.6 Å². The summed E-state index contributed by atoms with van der Waals surface area (Å²) in [7, 11) is 0. The molecular weight excluding hydrogens is 342 g/mol. The Hall–Kier alpha value is -3.15. The molecule has 0 saturated carbocycles. The number of aliphatic carboxylic acids is 1. The fraction of sp³-hybridized carbons (Fsp3) is 0.286. The number of aromatic amines is 1. The molecule has 0 aliphatic rings. The van der Waals surface area contributed by atoms with Crippen LogP contribution in [0.1, 0.15) is 30.7 Å². The van der Waals surface area contributed by atoms with Gasteiger partial charge in [0.1, 0.15) is 5.82 Å². The van der Waals surface area contributed by atoms with Gasteiger partial charge in [0.2, 0.25) is 5.91 Å². The van der Waals surface area contributed by atoms with Crippen molar-refractivity contribution in [3.8, 4) is 0 Å². The molecule has 1 aromatic heterocycles. The molecule has 3 N–H and O–H groups in total. The number of rotatable bonds is 9. The van der Waals surface area contributed by atoms with E-state index in [-0.39, 0.29) is 18.4 Å². The van der Waals surface area contributed by atoms with E-state index in [1.807, 2.05) is 54.6 Å². The van der Waals surface area contributed by atoms with E-state index >= 15 is 0 Å². The smallest absolute Gasteiger partial charge is 0.303 e. The molecule has 0 saturated heterocycles. The lowest BCUT2D eigenvalue weighted by Gasteiger charge is -2.18. The average Bonchev–Trinajstić information content (AvgIpc) is 3.08. The molecule has 0 bridgehead atoms. The van der Waals surface area contributed by atoms with Crippen molar-refractivity contribution in [1.82, 2.24) is 15.3 Å². The highest BCUT2D eigenvalue weighted by atomic mass is 16.4. The average molecular weight is 365 g/mol. The zero-order chi connectivity index (χ0) is 19.1. The molecule has 0 radical (unpaired) electrons. The van der Waals surface area contributed by atoms with E-state index < -0.39 is 5.97 Å². The number of aromatic nitrogens is 2. The lowest BCUT2D eigenvalue weighted by Crippen LogP contribution is -2.37. The monoisotopic (exact) mass is 365 g/mol. The third kappa shape index (κ3) is 5.67. The van der Waals surface area contributed by atoms with Crippen molar-refractivity contribution in [2.24, 2.45) is 0 Å². The minimum atomic E-state index is -0.857. The Bertz CT molecular complexity index is 872. The molecule has 1 unspecified atom stereocenters. The van der Waals surface area contributed by atoms with Crippen molar-refractivity contribution in [3.63, 3.8) is 0 Å². The molecule has 0 fully saturated rings. The molecule has 2 aromatic carbocycles. The van der Waals surface area contributed by atoms with E-state index in [2.05, 4.69) is 15.3 Å². The maximum atomic E-state index is 12.4. The van der Waals surface area contributed by atoms with Crippen LogP contribution in [0.4, 0.5) is 0 Å². The predicted molar refractivity (Wildman–Crippen MR) is 103 cm³/mol. The van der Waals surface area contributed by atoms with Crippen molar-refractivity contribution in [2.75, 3.05) is 0 Å². The Labute approximate surface area is 157 Å². The normalized spacial score (nSPS) is 12.0. The molecule has 6 heteroatoms. The van der Waals surface area contributed by atoms with Gasteiger partial charge in [0.25, 0.3) is 0 Å². The molecule has 0 aliphatic carbocycles. The Morgan fingerprint density at radius 3 is 2.52 bits per heavy atom. The molecular formula is C21H23N3O3. The highest BCUT2D eigenvalue weighted by Gasteiger charge is 2.15. The number of nitrogens with zero attached hydrogens (tertiary/aromatic N) is 1. The SMILES string of the molecule is O=C(O)CCC(Cc1ccccc1)NC(=O)CCc1nc2ccccc2[nH]1. The van der Waals surface area contributed by atoms with Gasteiger partial charge in [0, 0.05) is 25.3 Å². The van der Waals surface area contributed by atoms with Crippen LogP contribution >= 0.6 is 0 Å². The summed E-state index contributed by atoms with van der Waals surface area (Å²) in [6, 6.07) is 17.3. The van der Waals surface area contributed by atoms with Crippen LogP contribution in [0, 0.1) is 0 Å². The summed E-state index contributed by atoms with van der Waals surface area (Å²) in [5.74, 6) is -0.178.